The van der Waals surface area contributed by atoms with Crippen molar-refractivity contribution in [2.45, 2.75) is 6.92 Å². The molecule has 0 saturated carbocycles. The van der Waals surface area contributed by atoms with E-state index in [4.69, 9.17) is 23.2 Å². The number of aryl methyl sites for hydroxylation is 1. The van der Waals surface area contributed by atoms with E-state index in [1.807, 2.05) is 37.3 Å². The summed E-state index contributed by atoms with van der Waals surface area (Å²) in [4.78, 5) is 29.9. The highest BCUT2D eigenvalue weighted by Crippen LogP contribution is 2.37. The second-order valence-corrected chi connectivity index (χ2v) is 7.85. The van der Waals surface area contributed by atoms with Crippen molar-refractivity contribution in [2.24, 2.45) is 0 Å². The first-order valence-corrected chi connectivity index (χ1v) is 10.1. The smallest absolute Gasteiger partial charge is 0.282 e. The van der Waals surface area contributed by atoms with Gasteiger partial charge in [-0.05, 0) is 54.4 Å². The van der Waals surface area contributed by atoms with E-state index in [0.717, 1.165) is 11.3 Å². The van der Waals surface area contributed by atoms with Gasteiger partial charge in [0, 0.05) is 22.8 Å². The summed E-state index contributed by atoms with van der Waals surface area (Å²) >= 11 is 12.3. The van der Waals surface area contributed by atoms with Crippen molar-refractivity contribution in [3.63, 3.8) is 0 Å². The average Bonchev–Trinajstić information content (AvgIpc) is 3.01. The molecule has 0 fully saturated rings. The first-order valence-electron chi connectivity index (χ1n) is 9.32. The lowest BCUT2D eigenvalue weighted by Gasteiger charge is -2.21. The number of amides is 2. The molecular formula is C24H18Cl2N2O2. The van der Waals surface area contributed by atoms with Gasteiger partial charge in [0.2, 0.25) is 0 Å². The van der Waals surface area contributed by atoms with Crippen molar-refractivity contribution < 1.29 is 9.59 Å². The minimum atomic E-state index is -0.406. The van der Waals surface area contributed by atoms with Gasteiger partial charge in [-0.25, -0.2) is 4.90 Å². The largest absolute Gasteiger partial charge is 0.339 e. The summed E-state index contributed by atoms with van der Waals surface area (Å²) in [6.45, 7) is 1.87. The van der Waals surface area contributed by atoms with Gasteiger partial charge in [0.1, 0.15) is 5.70 Å². The topological polar surface area (TPSA) is 40.6 Å². The predicted molar refractivity (Wildman–Crippen MR) is 122 cm³/mol. The molecule has 0 atom stereocenters. The van der Waals surface area contributed by atoms with Crippen molar-refractivity contribution in [2.75, 3.05) is 16.8 Å². The zero-order chi connectivity index (χ0) is 21.4. The van der Waals surface area contributed by atoms with Crippen LogP contribution in [0.3, 0.4) is 0 Å². The predicted octanol–water partition coefficient (Wildman–Crippen LogP) is 5.72. The van der Waals surface area contributed by atoms with Crippen molar-refractivity contribution >= 4 is 52.0 Å². The molecule has 150 valence electrons. The number of para-hydroxylation sites is 1. The molecule has 0 unspecified atom stereocenters. The Morgan fingerprint density at radius 1 is 0.833 bits per heavy atom. The Balaban J connectivity index is 1.88. The number of imide groups is 1. The number of benzene rings is 3. The molecule has 0 aliphatic carbocycles. The standard InChI is InChI=1S/C24H18Cl2N2O2/c1-15-8-13-19(14-20(15)26)28-23(29)21(16-9-11-17(25)12-10-16)22(24(28)30)27(2)18-6-4-3-5-7-18/h3-14H,1-2H3. The van der Waals surface area contributed by atoms with Gasteiger partial charge in [-0.3, -0.25) is 9.59 Å². The van der Waals surface area contributed by atoms with Gasteiger partial charge in [-0.15, -0.1) is 0 Å². The van der Waals surface area contributed by atoms with Crippen molar-refractivity contribution in [3.8, 4) is 0 Å². The van der Waals surface area contributed by atoms with Crippen LogP contribution in [0.4, 0.5) is 11.4 Å². The monoisotopic (exact) mass is 436 g/mol. The quantitative estimate of drug-likeness (QED) is 0.490. The summed E-state index contributed by atoms with van der Waals surface area (Å²) < 4.78 is 0. The fraction of sp³-hybridized carbons (Fsp3) is 0.0833. The molecule has 3 aromatic rings. The van der Waals surface area contributed by atoms with Gasteiger partial charge < -0.3 is 4.90 Å². The van der Waals surface area contributed by atoms with E-state index in [1.165, 1.54) is 4.90 Å². The normalized spacial score (nSPS) is 13.9. The number of halogens is 2. The Morgan fingerprint density at radius 2 is 1.50 bits per heavy atom. The Labute approximate surface area is 184 Å². The van der Waals surface area contributed by atoms with Crippen LogP contribution in [-0.2, 0) is 9.59 Å². The number of carbonyl (C=O) groups is 2. The Bertz CT molecular complexity index is 1170. The molecule has 0 radical (unpaired) electrons. The minimum Gasteiger partial charge on any atom is -0.339 e. The van der Waals surface area contributed by atoms with Crippen LogP contribution in [0.2, 0.25) is 10.0 Å². The second-order valence-electron chi connectivity index (χ2n) is 7.00. The maximum atomic E-state index is 13.5. The number of likely N-dealkylation sites (N-methyl/N-ethyl adjacent to an activating group) is 1. The molecule has 0 aromatic heterocycles. The first kappa shape index (κ1) is 20.2. The molecule has 1 aliphatic rings. The Hall–Kier alpha value is -3.08. The highest BCUT2D eigenvalue weighted by Gasteiger charge is 2.42. The second kappa shape index (κ2) is 7.98. The summed E-state index contributed by atoms with van der Waals surface area (Å²) in [6, 6.07) is 21.5. The lowest BCUT2D eigenvalue weighted by atomic mass is 10.0. The van der Waals surface area contributed by atoms with Crippen LogP contribution in [-0.4, -0.2) is 18.9 Å². The molecule has 30 heavy (non-hydrogen) atoms. The molecule has 2 amide bonds. The fourth-order valence-electron chi connectivity index (χ4n) is 3.44. The molecule has 0 bridgehead atoms. The zero-order valence-electron chi connectivity index (χ0n) is 16.4. The van der Waals surface area contributed by atoms with Gasteiger partial charge in [0.25, 0.3) is 11.8 Å². The van der Waals surface area contributed by atoms with Crippen LogP contribution in [0.25, 0.3) is 5.57 Å². The number of nitrogens with zero attached hydrogens (tertiary/aromatic N) is 2. The molecule has 0 N–H and O–H groups in total. The van der Waals surface area contributed by atoms with Gasteiger partial charge in [-0.2, -0.15) is 0 Å². The van der Waals surface area contributed by atoms with Gasteiger partial charge in [0.15, 0.2) is 0 Å². The SMILES string of the molecule is Cc1ccc(N2C(=O)C(c3ccc(Cl)cc3)=C(N(C)c3ccccc3)C2=O)cc1Cl. The number of rotatable bonds is 4. The summed E-state index contributed by atoms with van der Waals surface area (Å²) in [6.07, 6.45) is 0. The maximum Gasteiger partial charge on any atom is 0.282 e. The first-order chi connectivity index (χ1) is 14.4. The highest BCUT2D eigenvalue weighted by molar-refractivity contribution is 6.46. The molecule has 1 aliphatic heterocycles. The van der Waals surface area contributed by atoms with Crippen molar-refractivity contribution in [1.29, 1.82) is 0 Å². The van der Waals surface area contributed by atoms with Crippen LogP contribution < -0.4 is 9.80 Å². The van der Waals surface area contributed by atoms with E-state index in [1.54, 1.807) is 54.4 Å². The Morgan fingerprint density at radius 3 is 2.13 bits per heavy atom. The zero-order valence-corrected chi connectivity index (χ0v) is 17.9. The molecule has 4 nitrogen and oxygen atoms in total. The molecular weight excluding hydrogens is 419 g/mol. The molecule has 3 aromatic carbocycles. The minimum absolute atomic E-state index is 0.296. The van der Waals surface area contributed by atoms with E-state index >= 15 is 0 Å². The van der Waals surface area contributed by atoms with Gasteiger partial charge in [-0.1, -0.05) is 59.6 Å². The van der Waals surface area contributed by atoms with Crippen LogP contribution in [0, 0.1) is 6.92 Å². The molecule has 0 spiro atoms. The Kier molecular flexibility index (Phi) is 5.37. The summed E-state index contributed by atoms with van der Waals surface area (Å²) in [5, 5.41) is 1.04. The van der Waals surface area contributed by atoms with Gasteiger partial charge >= 0.3 is 0 Å². The number of carbonyl (C=O) groups excluding carboxylic acids is 2. The van der Waals surface area contributed by atoms with E-state index in [-0.39, 0.29) is 0 Å². The van der Waals surface area contributed by atoms with E-state index < -0.39 is 11.8 Å². The molecule has 1 heterocycles. The third-order valence-electron chi connectivity index (χ3n) is 5.08. The highest BCUT2D eigenvalue weighted by atomic mass is 35.5. The average molecular weight is 437 g/mol. The van der Waals surface area contributed by atoms with Crippen LogP contribution in [0.5, 0.6) is 0 Å². The van der Waals surface area contributed by atoms with Crippen LogP contribution in [0.1, 0.15) is 11.1 Å². The van der Waals surface area contributed by atoms with Crippen LogP contribution in [0.15, 0.2) is 78.5 Å². The third-order valence-corrected chi connectivity index (χ3v) is 5.74. The third kappa shape index (κ3) is 3.49. The molecule has 6 heteroatoms. The number of hydrogen-bond donors (Lipinski definition) is 0. The van der Waals surface area contributed by atoms with E-state index in [9.17, 15) is 9.59 Å². The molecule has 0 saturated heterocycles. The van der Waals surface area contributed by atoms with Crippen LogP contribution >= 0.6 is 23.2 Å². The fourth-order valence-corrected chi connectivity index (χ4v) is 3.74. The van der Waals surface area contributed by atoms with Gasteiger partial charge in [0.05, 0.1) is 11.3 Å². The number of hydrogen-bond acceptors (Lipinski definition) is 3. The summed E-state index contributed by atoms with van der Waals surface area (Å²) in [5.41, 5.74) is 3.33. The summed E-state index contributed by atoms with van der Waals surface area (Å²) in [5.74, 6) is -0.809. The number of anilines is 2. The molecule has 4 rings (SSSR count). The van der Waals surface area contributed by atoms with Crippen molar-refractivity contribution in [1.82, 2.24) is 0 Å². The van der Waals surface area contributed by atoms with Crippen molar-refractivity contribution in [3.05, 3.63) is 99.7 Å². The lowest BCUT2D eigenvalue weighted by Crippen LogP contribution is -2.34. The maximum absolute atomic E-state index is 13.5. The lowest BCUT2D eigenvalue weighted by molar-refractivity contribution is -0.120. The summed E-state index contributed by atoms with van der Waals surface area (Å²) in [7, 11) is 1.78. The van der Waals surface area contributed by atoms with E-state index in [2.05, 4.69) is 0 Å². The van der Waals surface area contributed by atoms with E-state index in [0.29, 0.717) is 32.6 Å².